The van der Waals surface area contributed by atoms with Crippen LogP contribution >= 0.6 is 0 Å². The van der Waals surface area contributed by atoms with E-state index in [0.29, 0.717) is 22.3 Å². The molecule has 1 aromatic carbocycles. The first-order valence-corrected chi connectivity index (χ1v) is 5.51. The molecule has 3 rings (SSSR count). The summed E-state index contributed by atoms with van der Waals surface area (Å²) in [5.74, 6) is 0. The Bertz CT molecular complexity index is 731. The number of alkyl halides is 3. The summed E-state index contributed by atoms with van der Waals surface area (Å²) in [6, 6.07) is 6.85. The van der Waals surface area contributed by atoms with E-state index >= 15 is 0 Å². The van der Waals surface area contributed by atoms with Crippen LogP contribution in [0.1, 0.15) is 5.56 Å². The Morgan fingerprint density at radius 2 is 1.89 bits per heavy atom. The molecule has 0 unspecified atom stereocenters. The molecule has 96 valence electrons. The molecule has 0 aliphatic carbocycles. The number of benzene rings is 1. The molecule has 0 radical (unpaired) electrons. The Morgan fingerprint density at radius 3 is 2.68 bits per heavy atom. The topological polar surface area (TPSA) is 41.6 Å². The predicted molar refractivity (Wildman–Crippen MR) is 64.3 cm³/mol. The summed E-state index contributed by atoms with van der Waals surface area (Å²) in [6.45, 7) is 0. The fraction of sp³-hybridized carbons (Fsp3) is 0.0769. The summed E-state index contributed by atoms with van der Waals surface area (Å²) in [4.78, 5) is 11.0. The molecule has 0 fully saturated rings. The van der Waals surface area contributed by atoms with Gasteiger partial charge in [-0.2, -0.15) is 13.2 Å². The van der Waals surface area contributed by atoms with Crippen molar-refractivity contribution in [1.82, 2.24) is 15.0 Å². The zero-order chi connectivity index (χ0) is 13.5. The number of nitrogens with one attached hydrogen (secondary N) is 1. The molecule has 2 aromatic heterocycles. The van der Waals surface area contributed by atoms with Crippen LogP contribution in [-0.2, 0) is 6.18 Å². The van der Waals surface area contributed by atoms with Crippen LogP contribution in [0.4, 0.5) is 13.2 Å². The molecular formula is C13H8F3N3. The lowest BCUT2D eigenvalue weighted by atomic mass is 10.1. The minimum Gasteiger partial charge on any atom is -0.346 e. The summed E-state index contributed by atoms with van der Waals surface area (Å²) in [5.41, 5.74) is 0.814. The molecule has 0 aliphatic rings. The zero-order valence-corrected chi connectivity index (χ0v) is 9.57. The van der Waals surface area contributed by atoms with Crippen molar-refractivity contribution in [2.75, 3.05) is 0 Å². The Labute approximate surface area is 106 Å². The van der Waals surface area contributed by atoms with E-state index in [9.17, 15) is 13.2 Å². The fourth-order valence-electron chi connectivity index (χ4n) is 1.95. The third-order valence-electron chi connectivity index (χ3n) is 2.82. The smallest absolute Gasteiger partial charge is 0.346 e. The zero-order valence-electron chi connectivity index (χ0n) is 9.57. The lowest BCUT2D eigenvalue weighted by Crippen LogP contribution is -2.04. The Balaban J connectivity index is 2.19. The predicted octanol–water partition coefficient (Wildman–Crippen LogP) is 3.64. The maximum Gasteiger partial charge on any atom is 0.416 e. The first-order chi connectivity index (χ1) is 9.05. The quantitative estimate of drug-likeness (QED) is 0.728. The molecule has 2 heterocycles. The van der Waals surface area contributed by atoms with E-state index in [-0.39, 0.29) is 0 Å². The highest BCUT2D eigenvalue weighted by molar-refractivity contribution is 5.90. The van der Waals surface area contributed by atoms with Gasteiger partial charge in [-0.1, -0.05) is 12.1 Å². The monoisotopic (exact) mass is 263 g/mol. The van der Waals surface area contributed by atoms with Crippen molar-refractivity contribution >= 4 is 11.0 Å². The minimum absolute atomic E-state index is 0.418. The molecule has 19 heavy (non-hydrogen) atoms. The van der Waals surface area contributed by atoms with E-state index in [4.69, 9.17) is 0 Å². The van der Waals surface area contributed by atoms with Crippen LogP contribution in [0.3, 0.4) is 0 Å². The van der Waals surface area contributed by atoms with Crippen molar-refractivity contribution in [2.24, 2.45) is 0 Å². The van der Waals surface area contributed by atoms with Crippen LogP contribution in [0.25, 0.3) is 22.3 Å². The van der Waals surface area contributed by atoms with Gasteiger partial charge < -0.3 is 4.98 Å². The highest BCUT2D eigenvalue weighted by Gasteiger charge is 2.30. The van der Waals surface area contributed by atoms with Crippen LogP contribution in [0.5, 0.6) is 0 Å². The van der Waals surface area contributed by atoms with Gasteiger partial charge in [-0.05, 0) is 18.2 Å². The van der Waals surface area contributed by atoms with E-state index in [0.717, 1.165) is 12.1 Å². The van der Waals surface area contributed by atoms with Gasteiger partial charge in [0.1, 0.15) is 12.0 Å². The Kier molecular flexibility index (Phi) is 2.51. The van der Waals surface area contributed by atoms with Gasteiger partial charge in [-0.15, -0.1) is 0 Å². The molecule has 3 nitrogen and oxygen atoms in total. The van der Waals surface area contributed by atoms with Gasteiger partial charge in [0, 0.05) is 17.1 Å². The lowest BCUT2D eigenvalue weighted by molar-refractivity contribution is -0.137. The third kappa shape index (κ3) is 2.05. The van der Waals surface area contributed by atoms with Crippen LogP contribution in [-0.4, -0.2) is 15.0 Å². The number of rotatable bonds is 1. The normalized spacial score (nSPS) is 11.9. The molecule has 6 heteroatoms. The second kappa shape index (κ2) is 4.08. The molecule has 0 aliphatic heterocycles. The summed E-state index contributed by atoms with van der Waals surface area (Å²) in [5, 5.41) is 0.696. The maximum atomic E-state index is 12.7. The Morgan fingerprint density at radius 1 is 1.05 bits per heavy atom. The van der Waals surface area contributed by atoms with E-state index < -0.39 is 11.7 Å². The Hall–Kier alpha value is -2.37. The third-order valence-corrected chi connectivity index (χ3v) is 2.82. The number of halogens is 3. The van der Waals surface area contributed by atoms with Gasteiger partial charge in [0.2, 0.25) is 0 Å². The van der Waals surface area contributed by atoms with E-state index in [2.05, 4.69) is 15.0 Å². The van der Waals surface area contributed by atoms with Crippen LogP contribution in [0, 0.1) is 0 Å². The second-order valence-electron chi connectivity index (χ2n) is 4.04. The van der Waals surface area contributed by atoms with Gasteiger partial charge in [-0.25, -0.2) is 9.97 Å². The lowest BCUT2D eigenvalue weighted by Gasteiger charge is -2.08. The average molecular weight is 263 g/mol. The van der Waals surface area contributed by atoms with Crippen LogP contribution in [0.2, 0.25) is 0 Å². The van der Waals surface area contributed by atoms with E-state index in [1.807, 2.05) is 0 Å². The maximum absolute atomic E-state index is 12.7. The first kappa shape index (κ1) is 11.7. The first-order valence-electron chi connectivity index (χ1n) is 5.51. The van der Waals surface area contributed by atoms with Gasteiger partial charge in [0.25, 0.3) is 0 Å². The van der Waals surface area contributed by atoms with Gasteiger partial charge in [0.15, 0.2) is 0 Å². The van der Waals surface area contributed by atoms with Crippen LogP contribution < -0.4 is 0 Å². The summed E-state index contributed by atoms with van der Waals surface area (Å²) < 4.78 is 38.1. The number of aromatic nitrogens is 3. The summed E-state index contributed by atoms with van der Waals surface area (Å²) >= 11 is 0. The van der Waals surface area contributed by atoms with Gasteiger partial charge in [0.05, 0.1) is 11.3 Å². The minimum atomic E-state index is -4.36. The summed E-state index contributed by atoms with van der Waals surface area (Å²) in [6.07, 6.45) is -1.36. The number of fused-ring (bicyclic) bond motifs is 1. The van der Waals surface area contributed by atoms with Crippen molar-refractivity contribution in [3.8, 4) is 11.3 Å². The molecule has 0 amide bonds. The molecule has 0 bridgehead atoms. The number of hydrogen-bond donors (Lipinski definition) is 1. The van der Waals surface area contributed by atoms with E-state index in [1.54, 1.807) is 18.3 Å². The molecular weight excluding hydrogens is 255 g/mol. The van der Waals surface area contributed by atoms with Crippen molar-refractivity contribution in [2.45, 2.75) is 6.18 Å². The van der Waals surface area contributed by atoms with Crippen molar-refractivity contribution in [3.63, 3.8) is 0 Å². The molecule has 1 N–H and O–H groups in total. The number of nitrogens with zero attached hydrogens (tertiary/aromatic N) is 2. The van der Waals surface area contributed by atoms with Crippen molar-refractivity contribution in [1.29, 1.82) is 0 Å². The fourth-order valence-corrected chi connectivity index (χ4v) is 1.95. The van der Waals surface area contributed by atoms with Crippen molar-refractivity contribution < 1.29 is 13.2 Å². The molecule has 0 saturated carbocycles. The number of hydrogen-bond acceptors (Lipinski definition) is 2. The van der Waals surface area contributed by atoms with Gasteiger partial charge in [-0.3, -0.25) is 0 Å². The SMILES string of the molecule is FC(F)(F)c1cccc(-c2ncnc3[nH]ccc23)c1. The molecule has 3 aromatic rings. The number of H-pyrrole nitrogens is 1. The highest BCUT2D eigenvalue weighted by Crippen LogP contribution is 2.33. The molecule has 0 spiro atoms. The highest BCUT2D eigenvalue weighted by atomic mass is 19.4. The van der Waals surface area contributed by atoms with Crippen molar-refractivity contribution in [3.05, 3.63) is 48.4 Å². The van der Waals surface area contributed by atoms with E-state index in [1.165, 1.54) is 12.4 Å². The standard InChI is InChI=1S/C13H8F3N3/c14-13(15,16)9-3-1-2-8(6-9)11-10-4-5-17-12(10)19-7-18-11/h1-7H,(H,17,18,19). The molecule has 0 saturated heterocycles. The summed E-state index contributed by atoms with van der Waals surface area (Å²) in [7, 11) is 0. The largest absolute Gasteiger partial charge is 0.416 e. The average Bonchev–Trinajstić information content (AvgIpc) is 2.86. The number of aromatic amines is 1. The second-order valence-corrected chi connectivity index (χ2v) is 4.04. The van der Waals surface area contributed by atoms with Crippen LogP contribution in [0.15, 0.2) is 42.9 Å². The van der Waals surface area contributed by atoms with Gasteiger partial charge >= 0.3 is 6.18 Å². The molecule has 0 atom stereocenters.